The number of rotatable bonds is 3. The topological polar surface area (TPSA) is 55.6 Å². The minimum Gasteiger partial charge on any atom is -0.378 e. The zero-order chi connectivity index (χ0) is 11.4. The van der Waals surface area contributed by atoms with Gasteiger partial charge in [0.25, 0.3) is 0 Å². The average molecular weight is 263 g/mol. The van der Waals surface area contributed by atoms with Crippen LogP contribution in [0.2, 0.25) is 0 Å². The van der Waals surface area contributed by atoms with Crippen molar-refractivity contribution in [2.24, 2.45) is 5.73 Å². The third-order valence-electron chi connectivity index (χ3n) is 3.53. The Labute approximate surface area is 109 Å². The molecule has 0 spiro atoms. The van der Waals surface area contributed by atoms with E-state index in [1.165, 1.54) is 12.8 Å². The number of hydrogen-bond acceptors (Lipinski definition) is 3. The van der Waals surface area contributed by atoms with E-state index in [1.54, 1.807) is 0 Å². The maximum absolute atomic E-state index is 11.8. The summed E-state index contributed by atoms with van der Waals surface area (Å²) in [4.78, 5) is 13.7. The lowest BCUT2D eigenvalue weighted by Crippen LogP contribution is -2.32. The molecule has 0 aromatic carbocycles. The first-order valence-corrected chi connectivity index (χ1v) is 6.40. The molecule has 1 amide bonds. The smallest absolute Gasteiger partial charge is 0.222 e. The zero-order valence-electron chi connectivity index (χ0n) is 10.3. The van der Waals surface area contributed by atoms with Crippen LogP contribution in [0.5, 0.6) is 0 Å². The van der Waals surface area contributed by atoms with Crippen molar-refractivity contribution in [3.63, 3.8) is 0 Å². The first kappa shape index (κ1) is 14.7. The lowest BCUT2D eigenvalue weighted by Gasteiger charge is -2.23. The van der Waals surface area contributed by atoms with E-state index < -0.39 is 0 Å². The van der Waals surface area contributed by atoms with Crippen molar-refractivity contribution in [3.8, 4) is 0 Å². The molecule has 0 radical (unpaired) electrons. The number of likely N-dealkylation sites (tertiary alicyclic amines) is 1. The van der Waals surface area contributed by atoms with Crippen LogP contribution in [0.4, 0.5) is 0 Å². The van der Waals surface area contributed by atoms with Crippen molar-refractivity contribution in [2.45, 2.75) is 50.7 Å². The molecule has 4 nitrogen and oxygen atoms in total. The quantitative estimate of drug-likeness (QED) is 0.835. The van der Waals surface area contributed by atoms with Crippen LogP contribution in [0.25, 0.3) is 0 Å². The Morgan fingerprint density at radius 3 is 2.76 bits per heavy atom. The summed E-state index contributed by atoms with van der Waals surface area (Å²) >= 11 is 0. The molecule has 100 valence electrons. The Hall–Kier alpha value is -0.320. The normalized spacial score (nSPS) is 28.9. The number of amides is 1. The fraction of sp³-hybridized carbons (Fsp3) is 0.917. The van der Waals surface area contributed by atoms with Crippen LogP contribution in [-0.4, -0.2) is 42.6 Å². The molecule has 2 fully saturated rings. The summed E-state index contributed by atoms with van der Waals surface area (Å²) in [5, 5.41) is 0. The van der Waals surface area contributed by atoms with Crippen molar-refractivity contribution in [2.75, 3.05) is 19.7 Å². The number of hydrogen-bond donors (Lipinski definition) is 1. The SMILES string of the molecule is Cl.N[C@@H]1CCN(C(=O)CCC2CCCCO2)C1. The summed E-state index contributed by atoms with van der Waals surface area (Å²) in [6.45, 7) is 2.45. The molecule has 0 aromatic rings. The van der Waals surface area contributed by atoms with Gasteiger partial charge in [0.1, 0.15) is 0 Å². The standard InChI is InChI=1S/C12H22N2O2.ClH/c13-10-6-7-14(9-10)12(15)5-4-11-3-1-2-8-16-11;/h10-11H,1-9,13H2;1H/t10-,11?;/m1./s1. The second-order valence-corrected chi connectivity index (χ2v) is 4.92. The van der Waals surface area contributed by atoms with Gasteiger partial charge < -0.3 is 15.4 Å². The molecule has 0 bridgehead atoms. The van der Waals surface area contributed by atoms with Crippen molar-refractivity contribution < 1.29 is 9.53 Å². The van der Waals surface area contributed by atoms with Crippen molar-refractivity contribution in [1.29, 1.82) is 0 Å². The summed E-state index contributed by atoms with van der Waals surface area (Å²) in [6.07, 6.45) is 6.30. The Morgan fingerprint density at radius 2 is 2.18 bits per heavy atom. The molecule has 2 N–H and O–H groups in total. The van der Waals surface area contributed by atoms with E-state index in [0.717, 1.165) is 39.0 Å². The first-order chi connectivity index (χ1) is 7.75. The van der Waals surface area contributed by atoms with E-state index >= 15 is 0 Å². The van der Waals surface area contributed by atoms with Crippen LogP contribution in [0.1, 0.15) is 38.5 Å². The summed E-state index contributed by atoms with van der Waals surface area (Å²) in [5.74, 6) is 0.252. The molecule has 0 aromatic heterocycles. The van der Waals surface area contributed by atoms with Gasteiger partial charge in [-0.25, -0.2) is 0 Å². The second kappa shape index (κ2) is 7.19. The molecule has 2 atom stereocenters. The predicted molar refractivity (Wildman–Crippen MR) is 69.2 cm³/mol. The van der Waals surface area contributed by atoms with Gasteiger partial charge in [-0.3, -0.25) is 4.79 Å². The molecule has 0 saturated carbocycles. The van der Waals surface area contributed by atoms with E-state index in [-0.39, 0.29) is 24.4 Å². The van der Waals surface area contributed by atoms with Gasteiger partial charge in [-0.2, -0.15) is 0 Å². The molecule has 0 aliphatic carbocycles. The Morgan fingerprint density at radius 1 is 1.35 bits per heavy atom. The summed E-state index contributed by atoms with van der Waals surface area (Å²) in [5.41, 5.74) is 5.78. The Kier molecular flexibility index (Phi) is 6.23. The van der Waals surface area contributed by atoms with E-state index in [4.69, 9.17) is 10.5 Å². The van der Waals surface area contributed by atoms with Crippen LogP contribution in [0, 0.1) is 0 Å². The van der Waals surface area contributed by atoms with Gasteiger partial charge in [-0.1, -0.05) is 0 Å². The molecule has 2 heterocycles. The van der Waals surface area contributed by atoms with Crippen LogP contribution in [-0.2, 0) is 9.53 Å². The molecule has 2 saturated heterocycles. The van der Waals surface area contributed by atoms with Gasteiger partial charge in [0.15, 0.2) is 0 Å². The fourth-order valence-corrected chi connectivity index (χ4v) is 2.49. The van der Waals surface area contributed by atoms with Crippen molar-refractivity contribution in [3.05, 3.63) is 0 Å². The van der Waals surface area contributed by atoms with Crippen LogP contribution in [0.15, 0.2) is 0 Å². The monoisotopic (exact) mass is 262 g/mol. The molecule has 2 aliphatic heterocycles. The van der Waals surface area contributed by atoms with Gasteiger partial charge in [0, 0.05) is 32.2 Å². The Bertz CT molecular complexity index is 245. The third-order valence-corrected chi connectivity index (χ3v) is 3.53. The molecule has 5 heteroatoms. The average Bonchev–Trinajstić information content (AvgIpc) is 2.74. The fourth-order valence-electron chi connectivity index (χ4n) is 2.49. The summed E-state index contributed by atoms with van der Waals surface area (Å²) in [6, 6.07) is 0.190. The van der Waals surface area contributed by atoms with Gasteiger partial charge >= 0.3 is 0 Å². The van der Waals surface area contributed by atoms with Gasteiger partial charge in [0.05, 0.1) is 6.10 Å². The first-order valence-electron chi connectivity index (χ1n) is 6.40. The molecule has 17 heavy (non-hydrogen) atoms. The largest absolute Gasteiger partial charge is 0.378 e. The molecule has 2 rings (SSSR count). The number of halogens is 1. The molecular weight excluding hydrogens is 240 g/mol. The molecular formula is C12H23ClN2O2. The highest BCUT2D eigenvalue weighted by atomic mass is 35.5. The number of nitrogens with two attached hydrogens (primary N) is 1. The minimum atomic E-state index is 0. The highest BCUT2D eigenvalue weighted by Gasteiger charge is 2.24. The van der Waals surface area contributed by atoms with E-state index in [2.05, 4.69) is 0 Å². The number of nitrogens with zero attached hydrogens (tertiary/aromatic N) is 1. The van der Waals surface area contributed by atoms with E-state index in [0.29, 0.717) is 12.5 Å². The highest BCUT2D eigenvalue weighted by Crippen LogP contribution is 2.18. The van der Waals surface area contributed by atoms with Crippen LogP contribution < -0.4 is 5.73 Å². The maximum Gasteiger partial charge on any atom is 0.222 e. The predicted octanol–water partition coefficient (Wildman–Crippen LogP) is 1.32. The van der Waals surface area contributed by atoms with Crippen LogP contribution >= 0.6 is 12.4 Å². The summed E-state index contributed by atoms with van der Waals surface area (Å²) < 4.78 is 5.62. The van der Waals surface area contributed by atoms with E-state index in [1.807, 2.05) is 4.90 Å². The number of carbonyl (C=O) groups is 1. The second-order valence-electron chi connectivity index (χ2n) is 4.92. The highest BCUT2D eigenvalue weighted by molar-refractivity contribution is 5.85. The molecule has 2 aliphatic rings. The Balaban J connectivity index is 0.00000144. The molecule has 1 unspecified atom stereocenters. The lowest BCUT2D eigenvalue weighted by atomic mass is 10.0. The summed E-state index contributed by atoms with van der Waals surface area (Å²) in [7, 11) is 0. The lowest BCUT2D eigenvalue weighted by molar-refractivity contribution is -0.131. The van der Waals surface area contributed by atoms with Crippen molar-refractivity contribution in [1.82, 2.24) is 4.90 Å². The van der Waals surface area contributed by atoms with Gasteiger partial charge in [-0.05, 0) is 32.1 Å². The van der Waals surface area contributed by atoms with Gasteiger partial charge in [0.2, 0.25) is 5.91 Å². The van der Waals surface area contributed by atoms with Crippen LogP contribution in [0.3, 0.4) is 0 Å². The number of ether oxygens (including phenoxy) is 1. The van der Waals surface area contributed by atoms with E-state index in [9.17, 15) is 4.79 Å². The maximum atomic E-state index is 11.8. The van der Waals surface area contributed by atoms with Crippen molar-refractivity contribution >= 4 is 18.3 Å². The third kappa shape index (κ3) is 4.45. The van der Waals surface area contributed by atoms with Gasteiger partial charge in [-0.15, -0.1) is 12.4 Å². The number of carbonyl (C=O) groups excluding carboxylic acids is 1. The zero-order valence-corrected chi connectivity index (χ0v) is 11.1. The minimum absolute atomic E-state index is 0.